The molecule has 1 aromatic carbocycles. The Morgan fingerprint density at radius 3 is 2.90 bits per heavy atom. The number of nitrogens with zero attached hydrogens (tertiary/aromatic N) is 4. The molecule has 1 atom stereocenters. The smallest absolute Gasteiger partial charge is 0.222 e. The summed E-state index contributed by atoms with van der Waals surface area (Å²) < 4.78 is 6.43. The molecule has 8 nitrogen and oxygen atoms in total. The van der Waals surface area contributed by atoms with Crippen LogP contribution < -0.4 is 15.4 Å². The van der Waals surface area contributed by atoms with Crippen LogP contribution in [0.4, 0.5) is 5.82 Å². The average molecular weight is 403 g/mol. The summed E-state index contributed by atoms with van der Waals surface area (Å²) in [7, 11) is 0. The number of anilines is 1. The van der Waals surface area contributed by atoms with Gasteiger partial charge in [-0.3, -0.25) is 0 Å². The van der Waals surface area contributed by atoms with E-state index in [-0.39, 0.29) is 12.1 Å². The monoisotopic (exact) mass is 403 g/mol. The topological polar surface area (TPSA) is 101 Å². The fraction of sp³-hybridized carbons (Fsp3) is 0.364. The number of H-pyrrole nitrogens is 1. The number of aromatic amines is 1. The number of imidazole rings is 1. The van der Waals surface area contributed by atoms with Crippen LogP contribution in [-0.2, 0) is 0 Å². The molecule has 0 amide bonds. The Morgan fingerprint density at radius 1 is 1.17 bits per heavy atom. The van der Waals surface area contributed by atoms with E-state index in [1.165, 1.54) is 11.9 Å². The highest BCUT2D eigenvalue weighted by atomic mass is 16.5. The minimum Gasteiger partial charge on any atom is -0.474 e. The van der Waals surface area contributed by atoms with E-state index in [9.17, 15) is 0 Å². The van der Waals surface area contributed by atoms with E-state index in [1.54, 1.807) is 6.33 Å². The van der Waals surface area contributed by atoms with Crippen LogP contribution in [0, 0.1) is 6.92 Å². The number of aromatic nitrogens is 5. The zero-order valence-corrected chi connectivity index (χ0v) is 17.1. The molecule has 5 rings (SSSR count). The quantitative estimate of drug-likeness (QED) is 0.469. The summed E-state index contributed by atoms with van der Waals surface area (Å²) in [5, 5.41) is 9.05. The number of hydrogen-bond donors (Lipinski definition) is 3. The Bertz CT molecular complexity index is 1180. The predicted molar refractivity (Wildman–Crippen MR) is 117 cm³/mol. The highest BCUT2D eigenvalue weighted by Gasteiger charge is 2.20. The summed E-state index contributed by atoms with van der Waals surface area (Å²) >= 11 is 0. The van der Waals surface area contributed by atoms with Crippen molar-refractivity contribution < 1.29 is 4.74 Å². The fourth-order valence-electron chi connectivity index (χ4n) is 4.00. The lowest BCUT2D eigenvalue weighted by Gasteiger charge is -2.25. The van der Waals surface area contributed by atoms with Crippen LogP contribution in [0.15, 0.2) is 36.9 Å². The van der Waals surface area contributed by atoms with Crippen LogP contribution in [0.2, 0.25) is 0 Å². The second-order valence-electron chi connectivity index (χ2n) is 7.78. The molecule has 30 heavy (non-hydrogen) atoms. The third-order valence-electron chi connectivity index (χ3n) is 5.64. The molecule has 154 valence electrons. The third kappa shape index (κ3) is 3.54. The van der Waals surface area contributed by atoms with E-state index >= 15 is 0 Å². The van der Waals surface area contributed by atoms with Gasteiger partial charge in [0, 0.05) is 5.39 Å². The maximum Gasteiger partial charge on any atom is 0.222 e. The van der Waals surface area contributed by atoms with Crippen molar-refractivity contribution in [3.8, 4) is 5.88 Å². The van der Waals surface area contributed by atoms with Crippen LogP contribution in [0.3, 0.4) is 0 Å². The van der Waals surface area contributed by atoms with Crippen LogP contribution in [0.1, 0.15) is 37.1 Å². The summed E-state index contributed by atoms with van der Waals surface area (Å²) in [5.74, 6) is 1.42. The van der Waals surface area contributed by atoms with E-state index in [0.29, 0.717) is 11.5 Å². The van der Waals surface area contributed by atoms with Crippen molar-refractivity contribution in [3.63, 3.8) is 0 Å². The number of fused-ring (bicyclic) bond motifs is 2. The van der Waals surface area contributed by atoms with Gasteiger partial charge in [-0.25, -0.2) is 19.9 Å². The van der Waals surface area contributed by atoms with Crippen molar-refractivity contribution in [2.75, 3.05) is 18.4 Å². The number of aryl methyl sites for hydroxylation is 1. The number of pyridine rings is 1. The maximum atomic E-state index is 6.43. The molecule has 4 heterocycles. The maximum absolute atomic E-state index is 6.43. The number of benzene rings is 1. The first-order chi connectivity index (χ1) is 14.7. The molecule has 3 aromatic heterocycles. The van der Waals surface area contributed by atoms with Gasteiger partial charge in [-0.05, 0) is 56.8 Å². The highest BCUT2D eigenvalue weighted by molar-refractivity contribution is 5.90. The van der Waals surface area contributed by atoms with Gasteiger partial charge in [0.2, 0.25) is 5.88 Å². The molecule has 4 aromatic rings. The number of hydrogen-bond acceptors (Lipinski definition) is 7. The molecule has 1 aliphatic rings. The van der Waals surface area contributed by atoms with Gasteiger partial charge in [0.25, 0.3) is 0 Å². The molecule has 0 bridgehead atoms. The molecule has 3 N–H and O–H groups in total. The first kappa shape index (κ1) is 18.7. The van der Waals surface area contributed by atoms with Crippen LogP contribution in [-0.4, -0.2) is 44.1 Å². The second-order valence-corrected chi connectivity index (χ2v) is 7.78. The van der Waals surface area contributed by atoms with Crippen molar-refractivity contribution in [3.05, 3.63) is 48.2 Å². The Morgan fingerprint density at radius 2 is 2.03 bits per heavy atom. The Hall–Kier alpha value is -3.26. The molecule has 0 radical (unpaired) electrons. The first-order valence-corrected chi connectivity index (χ1v) is 10.4. The summed E-state index contributed by atoms with van der Waals surface area (Å²) in [6, 6.07) is 8.35. The molecule has 1 saturated heterocycles. The molecule has 8 heteroatoms. The van der Waals surface area contributed by atoms with Gasteiger partial charge < -0.3 is 20.4 Å². The fourth-order valence-corrected chi connectivity index (χ4v) is 4.00. The first-order valence-electron chi connectivity index (χ1n) is 10.4. The molecule has 1 unspecified atom stereocenters. The Kier molecular flexibility index (Phi) is 4.92. The summed E-state index contributed by atoms with van der Waals surface area (Å²) in [6.07, 6.45) is 5.31. The predicted octanol–water partition coefficient (Wildman–Crippen LogP) is 3.51. The lowest BCUT2D eigenvalue weighted by molar-refractivity contribution is 0.158. The molecular formula is C22H25N7O. The lowest BCUT2D eigenvalue weighted by atomic mass is 10.0. The number of nitrogens with one attached hydrogen (secondary N) is 3. The summed E-state index contributed by atoms with van der Waals surface area (Å²) in [5.41, 5.74) is 3.50. The SMILES string of the molecule is Cc1cccc2cc(C(C)Nc3ncnc4nc[nH]c34)nc(OC3CCNCC3)c12. The van der Waals surface area contributed by atoms with Gasteiger partial charge in [0.1, 0.15) is 17.9 Å². The van der Waals surface area contributed by atoms with Crippen molar-refractivity contribution >= 4 is 27.8 Å². The van der Waals surface area contributed by atoms with Crippen LogP contribution in [0.5, 0.6) is 5.88 Å². The summed E-state index contributed by atoms with van der Waals surface area (Å²) in [4.78, 5) is 20.8. The average Bonchev–Trinajstić information content (AvgIpc) is 3.24. The van der Waals surface area contributed by atoms with Gasteiger partial charge in [-0.15, -0.1) is 0 Å². The molecule has 0 saturated carbocycles. The molecule has 1 fully saturated rings. The van der Waals surface area contributed by atoms with Crippen molar-refractivity contribution in [2.24, 2.45) is 0 Å². The van der Waals surface area contributed by atoms with E-state index in [1.807, 2.05) is 0 Å². The van der Waals surface area contributed by atoms with E-state index in [4.69, 9.17) is 9.72 Å². The number of ether oxygens (including phenoxy) is 1. The van der Waals surface area contributed by atoms with E-state index in [0.717, 1.165) is 53.8 Å². The normalized spacial score (nSPS) is 16.1. The van der Waals surface area contributed by atoms with Gasteiger partial charge in [-0.2, -0.15) is 0 Å². The van der Waals surface area contributed by atoms with Gasteiger partial charge in [-0.1, -0.05) is 18.2 Å². The van der Waals surface area contributed by atoms with Crippen molar-refractivity contribution in [1.29, 1.82) is 0 Å². The highest BCUT2D eigenvalue weighted by Crippen LogP contribution is 2.32. The van der Waals surface area contributed by atoms with Crippen molar-refractivity contribution in [1.82, 2.24) is 30.2 Å². The zero-order chi connectivity index (χ0) is 20.5. The standard InChI is InChI=1S/C22H25N7O/c1-13-4-3-5-15-10-17(29-22(18(13)15)30-16-6-8-23-9-7-16)14(2)28-21-19-20(25-11-24-19)26-12-27-21/h3-5,10-12,14,16,23H,6-9H2,1-2H3,(H2,24,25,26,27,28). The van der Waals surface area contributed by atoms with Crippen LogP contribution in [0.25, 0.3) is 21.9 Å². The minimum atomic E-state index is -0.0771. The van der Waals surface area contributed by atoms with Gasteiger partial charge in [0.05, 0.1) is 18.1 Å². The van der Waals surface area contributed by atoms with Crippen LogP contribution >= 0.6 is 0 Å². The van der Waals surface area contributed by atoms with Crippen molar-refractivity contribution in [2.45, 2.75) is 38.8 Å². The van der Waals surface area contributed by atoms with Gasteiger partial charge in [0.15, 0.2) is 11.5 Å². The van der Waals surface area contributed by atoms with E-state index in [2.05, 4.69) is 68.7 Å². The Labute approximate surface area is 174 Å². The second kappa shape index (κ2) is 7.87. The largest absolute Gasteiger partial charge is 0.474 e. The summed E-state index contributed by atoms with van der Waals surface area (Å²) in [6.45, 7) is 6.14. The third-order valence-corrected chi connectivity index (χ3v) is 5.64. The Balaban J connectivity index is 1.51. The number of piperidine rings is 1. The molecule has 1 aliphatic heterocycles. The van der Waals surface area contributed by atoms with Gasteiger partial charge >= 0.3 is 0 Å². The molecule has 0 aliphatic carbocycles. The molecule has 0 spiro atoms. The molecular weight excluding hydrogens is 378 g/mol. The lowest BCUT2D eigenvalue weighted by Crippen LogP contribution is -2.34. The minimum absolute atomic E-state index is 0.0771. The van der Waals surface area contributed by atoms with E-state index < -0.39 is 0 Å². The number of rotatable bonds is 5. The zero-order valence-electron chi connectivity index (χ0n) is 17.1.